The molecule has 0 aliphatic carbocycles. The SMILES string of the molecule is CCN(CC)c1cc(C(=O)NCCCN(C)C)ccn1. The molecule has 0 saturated heterocycles. The average molecular weight is 278 g/mol. The third-order valence-corrected chi connectivity index (χ3v) is 3.16. The van der Waals surface area contributed by atoms with Gasteiger partial charge in [-0.3, -0.25) is 4.79 Å². The summed E-state index contributed by atoms with van der Waals surface area (Å²) in [6, 6.07) is 3.61. The Bertz CT molecular complexity index is 416. The minimum Gasteiger partial charge on any atom is -0.357 e. The number of amides is 1. The standard InChI is InChI=1S/C15H26N4O/c1-5-19(6-2)14-12-13(8-10-16-14)15(20)17-9-7-11-18(3)4/h8,10,12H,5-7,9,11H2,1-4H3,(H,17,20). The molecule has 112 valence electrons. The van der Waals surface area contributed by atoms with Gasteiger partial charge in [0.2, 0.25) is 0 Å². The quantitative estimate of drug-likeness (QED) is 0.734. The lowest BCUT2D eigenvalue weighted by Crippen LogP contribution is -2.28. The molecule has 0 saturated carbocycles. The minimum atomic E-state index is -0.0282. The number of anilines is 1. The Labute approximate surface area is 122 Å². The van der Waals surface area contributed by atoms with Crippen LogP contribution in [-0.2, 0) is 0 Å². The zero-order valence-electron chi connectivity index (χ0n) is 13.0. The lowest BCUT2D eigenvalue weighted by atomic mass is 10.2. The first-order valence-electron chi connectivity index (χ1n) is 7.22. The molecular formula is C15H26N4O. The maximum absolute atomic E-state index is 12.1. The number of pyridine rings is 1. The van der Waals surface area contributed by atoms with E-state index in [0.717, 1.165) is 31.9 Å². The second kappa shape index (κ2) is 8.53. The lowest BCUT2D eigenvalue weighted by Gasteiger charge is -2.20. The summed E-state index contributed by atoms with van der Waals surface area (Å²) in [7, 11) is 4.06. The highest BCUT2D eigenvalue weighted by atomic mass is 16.1. The fourth-order valence-electron chi connectivity index (χ4n) is 1.98. The van der Waals surface area contributed by atoms with Crippen LogP contribution in [-0.4, -0.2) is 56.1 Å². The summed E-state index contributed by atoms with van der Waals surface area (Å²) >= 11 is 0. The van der Waals surface area contributed by atoms with Crippen LogP contribution >= 0.6 is 0 Å². The molecule has 1 amide bonds. The Balaban J connectivity index is 2.58. The molecule has 5 nitrogen and oxygen atoms in total. The Kier molecular flexibility index (Phi) is 7.01. The third-order valence-electron chi connectivity index (χ3n) is 3.16. The minimum absolute atomic E-state index is 0.0282. The van der Waals surface area contributed by atoms with Crippen LogP contribution in [0.2, 0.25) is 0 Å². The Morgan fingerprint density at radius 3 is 2.60 bits per heavy atom. The number of carbonyl (C=O) groups is 1. The number of nitrogens with one attached hydrogen (secondary N) is 1. The molecule has 0 aliphatic rings. The van der Waals surface area contributed by atoms with Gasteiger partial charge in [0.25, 0.3) is 5.91 Å². The number of carbonyl (C=O) groups excluding carboxylic acids is 1. The monoisotopic (exact) mass is 278 g/mol. The fourth-order valence-corrected chi connectivity index (χ4v) is 1.98. The van der Waals surface area contributed by atoms with E-state index in [2.05, 4.69) is 33.9 Å². The van der Waals surface area contributed by atoms with Crippen LogP contribution in [0.25, 0.3) is 0 Å². The topological polar surface area (TPSA) is 48.5 Å². The second-order valence-corrected chi connectivity index (χ2v) is 4.99. The molecule has 0 aromatic carbocycles. The predicted octanol–water partition coefficient (Wildman–Crippen LogP) is 1.61. The molecule has 1 heterocycles. The predicted molar refractivity (Wildman–Crippen MR) is 83.3 cm³/mol. The summed E-state index contributed by atoms with van der Waals surface area (Å²) in [5.41, 5.74) is 0.673. The number of aromatic nitrogens is 1. The van der Waals surface area contributed by atoms with Gasteiger partial charge in [0.15, 0.2) is 0 Å². The number of rotatable bonds is 8. The summed E-state index contributed by atoms with van der Waals surface area (Å²) in [6.07, 6.45) is 2.65. The van der Waals surface area contributed by atoms with E-state index in [1.165, 1.54) is 0 Å². The molecule has 0 atom stereocenters. The van der Waals surface area contributed by atoms with E-state index in [0.29, 0.717) is 12.1 Å². The van der Waals surface area contributed by atoms with Crippen LogP contribution in [0.1, 0.15) is 30.6 Å². The van der Waals surface area contributed by atoms with Crippen molar-refractivity contribution in [3.8, 4) is 0 Å². The zero-order chi connectivity index (χ0) is 15.0. The van der Waals surface area contributed by atoms with Crippen LogP contribution in [0.3, 0.4) is 0 Å². The number of nitrogens with zero attached hydrogens (tertiary/aromatic N) is 3. The summed E-state index contributed by atoms with van der Waals surface area (Å²) in [5, 5.41) is 2.94. The Morgan fingerprint density at radius 1 is 1.30 bits per heavy atom. The van der Waals surface area contributed by atoms with Gasteiger partial charge in [-0.05, 0) is 53.0 Å². The van der Waals surface area contributed by atoms with Crippen molar-refractivity contribution < 1.29 is 4.79 Å². The highest BCUT2D eigenvalue weighted by Gasteiger charge is 2.09. The largest absolute Gasteiger partial charge is 0.357 e. The van der Waals surface area contributed by atoms with Crippen molar-refractivity contribution in [3.05, 3.63) is 23.9 Å². The molecule has 0 radical (unpaired) electrons. The molecule has 5 heteroatoms. The van der Waals surface area contributed by atoms with Gasteiger partial charge in [0, 0.05) is 31.4 Å². The van der Waals surface area contributed by atoms with Gasteiger partial charge < -0.3 is 15.1 Å². The zero-order valence-corrected chi connectivity index (χ0v) is 13.0. The second-order valence-electron chi connectivity index (χ2n) is 4.99. The van der Waals surface area contributed by atoms with Gasteiger partial charge in [0.05, 0.1) is 0 Å². The molecule has 1 rings (SSSR count). The molecule has 20 heavy (non-hydrogen) atoms. The van der Waals surface area contributed by atoms with Gasteiger partial charge >= 0.3 is 0 Å². The van der Waals surface area contributed by atoms with Gasteiger partial charge in [-0.15, -0.1) is 0 Å². The van der Waals surface area contributed by atoms with Gasteiger partial charge in [0.1, 0.15) is 5.82 Å². The number of hydrogen-bond donors (Lipinski definition) is 1. The third kappa shape index (κ3) is 5.17. The van der Waals surface area contributed by atoms with Gasteiger partial charge in [-0.2, -0.15) is 0 Å². The first-order valence-corrected chi connectivity index (χ1v) is 7.22. The van der Waals surface area contributed by atoms with Crippen molar-refractivity contribution in [3.63, 3.8) is 0 Å². The van der Waals surface area contributed by atoms with Crippen molar-refractivity contribution in [1.29, 1.82) is 0 Å². The molecule has 1 aromatic heterocycles. The van der Waals surface area contributed by atoms with Crippen molar-refractivity contribution in [2.75, 3.05) is 45.2 Å². The van der Waals surface area contributed by atoms with Gasteiger partial charge in [-0.25, -0.2) is 4.98 Å². The highest BCUT2D eigenvalue weighted by molar-refractivity contribution is 5.94. The van der Waals surface area contributed by atoms with Crippen LogP contribution in [0, 0.1) is 0 Å². The molecule has 0 aliphatic heterocycles. The van der Waals surface area contributed by atoms with Crippen LogP contribution in [0.15, 0.2) is 18.3 Å². The van der Waals surface area contributed by atoms with Gasteiger partial charge in [-0.1, -0.05) is 0 Å². The normalized spacial score (nSPS) is 10.7. The van der Waals surface area contributed by atoms with E-state index in [1.807, 2.05) is 20.2 Å². The molecule has 0 fully saturated rings. The molecule has 1 N–H and O–H groups in total. The maximum Gasteiger partial charge on any atom is 0.251 e. The molecule has 0 unspecified atom stereocenters. The first kappa shape index (κ1) is 16.4. The molecule has 0 bridgehead atoms. The van der Waals surface area contributed by atoms with E-state index in [4.69, 9.17) is 0 Å². The van der Waals surface area contributed by atoms with Crippen LogP contribution in [0.5, 0.6) is 0 Å². The lowest BCUT2D eigenvalue weighted by molar-refractivity contribution is 0.0952. The Hall–Kier alpha value is -1.62. The van der Waals surface area contributed by atoms with E-state index in [-0.39, 0.29) is 5.91 Å². The van der Waals surface area contributed by atoms with E-state index in [9.17, 15) is 4.79 Å². The van der Waals surface area contributed by atoms with Crippen molar-refractivity contribution in [1.82, 2.24) is 15.2 Å². The van der Waals surface area contributed by atoms with E-state index >= 15 is 0 Å². The van der Waals surface area contributed by atoms with Crippen molar-refractivity contribution in [2.45, 2.75) is 20.3 Å². The average Bonchev–Trinajstić information content (AvgIpc) is 2.45. The smallest absolute Gasteiger partial charge is 0.251 e. The molecule has 1 aromatic rings. The summed E-state index contributed by atoms with van der Waals surface area (Å²) in [4.78, 5) is 20.6. The van der Waals surface area contributed by atoms with Crippen LogP contribution in [0.4, 0.5) is 5.82 Å². The van der Waals surface area contributed by atoms with E-state index in [1.54, 1.807) is 12.3 Å². The Morgan fingerprint density at radius 2 is 2.00 bits per heavy atom. The van der Waals surface area contributed by atoms with Crippen LogP contribution < -0.4 is 10.2 Å². The molecule has 0 spiro atoms. The summed E-state index contributed by atoms with van der Waals surface area (Å²) in [6.45, 7) is 7.61. The van der Waals surface area contributed by atoms with Crippen molar-refractivity contribution >= 4 is 11.7 Å². The number of hydrogen-bond acceptors (Lipinski definition) is 4. The summed E-state index contributed by atoms with van der Waals surface area (Å²) in [5.74, 6) is 0.829. The highest BCUT2D eigenvalue weighted by Crippen LogP contribution is 2.12. The fraction of sp³-hybridized carbons (Fsp3) is 0.600. The van der Waals surface area contributed by atoms with Crippen molar-refractivity contribution in [2.24, 2.45) is 0 Å². The molecular weight excluding hydrogens is 252 g/mol. The van der Waals surface area contributed by atoms with E-state index < -0.39 is 0 Å². The summed E-state index contributed by atoms with van der Waals surface area (Å²) < 4.78 is 0. The maximum atomic E-state index is 12.1. The first-order chi connectivity index (χ1) is 9.58.